The molecule has 0 saturated carbocycles. The van der Waals surface area contributed by atoms with Gasteiger partial charge < -0.3 is 15.3 Å². The SMILES string of the molecule is C#CCCCCNC(=O)N1CCC[C@@H]1C(=O)O. The second kappa shape index (κ2) is 6.79. The van der Waals surface area contributed by atoms with Crippen LogP contribution in [-0.2, 0) is 4.79 Å². The van der Waals surface area contributed by atoms with E-state index in [1.807, 2.05) is 0 Å². The van der Waals surface area contributed by atoms with Crippen LogP contribution in [0.1, 0.15) is 32.1 Å². The molecule has 1 rings (SSSR count). The number of nitrogens with zero attached hydrogens (tertiary/aromatic N) is 1. The van der Waals surface area contributed by atoms with Crippen molar-refractivity contribution < 1.29 is 14.7 Å². The summed E-state index contributed by atoms with van der Waals surface area (Å²) in [5.74, 6) is 1.61. The van der Waals surface area contributed by atoms with Crippen LogP contribution in [0.4, 0.5) is 4.79 Å². The van der Waals surface area contributed by atoms with Gasteiger partial charge in [0, 0.05) is 19.5 Å². The number of terminal acetylenes is 1. The fourth-order valence-corrected chi connectivity index (χ4v) is 1.92. The van der Waals surface area contributed by atoms with Gasteiger partial charge in [-0.15, -0.1) is 12.3 Å². The highest BCUT2D eigenvalue weighted by molar-refractivity contribution is 5.83. The predicted molar refractivity (Wildman–Crippen MR) is 63.4 cm³/mol. The minimum atomic E-state index is -0.926. The van der Waals surface area contributed by atoms with Crippen molar-refractivity contribution in [3.8, 4) is 12.3 Å². The number of carbonyl (C=O) groups is 2. The maximum Gasteiger partial charge on any atom is 0.326 e. The average Bonchev–Trinajstić information content (AvgIpc) is 2.77. The highest BCUT2D eigenvalue weighted by atomic mass is 16.4. The third-order valence-corrected chi connectivity index (χ3v) is 2.82. The number of unbranched alkanes of at least 4 members (excludes halogenated alkanes) is 2. The molecule has 5 heteroatoms. The van der Waals surface area contributed by atoms with Crippen LogP contribution in [0.15, 0.2) is 0 Å². The summed E-state index contributed by atoms with van der Waals surface area (Å²) in [4.78, 5) is 24.0. The predicted octanol–water partition coefficient (Wildman–Crippen LogP) is 1.05. The second-order valence-corrected chi connectivity index (χ2v) is 4.08. The van der Waals surface area contributed by atoms with E-state index in [0.717, 1.165) is 19.3 Å². The lowest BCUT2D eigenvalue weighted by Crippen LogP contribution is -2.46. The number of hydrogen-bond donors (Lipinski definition) is 2. The van der Waals surface area contributed by atoms with Crippen LogP contribution in [0.3, 0.4) is 0 Å². The smallest absolute Gasteiger partial charge is 0.326 e. The molecule has 0 aromatic rings. The summed E-state index contributed by atoms with van der Waals surface area (Å²) in [6.07, 6.45) is 8.80. The Labute approximate surface area is 101 Å². The number of hydrogen-bond acceptors (Lipinski definition) is 2. The Kier molecular flexibility index (Phi) is 5.34. The molecule has 1 atom stereocenters. The molecule has 0 aliphatic carbocycles. The Bertz CT molecular complexity index is 322. The van der Waals surface area contributed by atoms with Gasteiger partial charge in [0.2, 0.25) is 0 Å². The molecule has 1 heterocycles. The van der Waals surface area contributed by atoms with Crippen LogP contribution in [-0.4, -0.2) is 41.1 Å². The normalized spacial score (nSPS) is 18.8. The van der Waals surface area contributed by atoms with E-state index in [1.165, 1.54) is 4.90 Å². The first-order valence-corrected chi connectivity index (χ1v) is 5.87. The van der Waals surface area contributed by atoms with E-state index < -0.39 is 12.0 Å². The Hall–Kier alpha value is -1.70. The van der Waals surface area contributed by atoms with Gasteiger partial charge in [-0.3, -0.25) is 0 Å². The Morgan fingerprint density at radius 2 is 2.24 bits per heavy atom. The van der Waals surface area contributed by atoms with Crippen LogP contribution in [0.5, 0.6) is 0 Å². The molecule has 0 unspecified atom stereocenters. The van der Waals surface area contributed by atoms with Crippen LogP contribution in [0.25, 0.3) is 0 Å². The van der Waals surface area contributed by atoms with Crippen LogP contribution in [0.2, 0.25) is 0 Å². The van der Waals surface area contributed by atoms with Crippen molar-refractivity contribution in [1.29, 1.82) is 0 Å². The number of likely N-dealkylation sites (tertiary alicyclic amines) is 1. The third-order valence-electron chi connectivity index (χ3n) is 2.82. The lowest BCUT2D eigenvalue weighted by molar-refractivity contribution is -0.141. The van der Waals surface area contributed by atoms with Gasteiger partial charge in [-0.05, 0) is 25.7 Å². The number of rotatable bonds is 5. The summed E-state index contributed by atoms with van der Waals surface area (Å²) in [6, 6.07) is -0.948. The molecule has 2 N–H and O–H groups in total. The molecule has 1 aliphatic rings. The van der Waals surface area contributed by atoms with Gasteiger partial charge in [0.25, 0.3) is 0 Å². The number of nitrogens with one attached hydrogen (secondary N) is 1. The van der Waals surface area contributed by atoms with Gasteiger partial charge in [0.15, 0.2) is 0 Å². The lowest BCUT2D eigenvalue weighted by Gasteiger charge is -2.21. The average molecular weight is 238 g/mol. The molecule has 1 aliphatic heterocycles. The molecule has 17 heavy (non-hydrogen) atoms. The first-order chi connectivity index (χ1) is 8.16. The zero-order valence-corrected chi connectivity index (χ0v) is 9.82. The summed E-state index contributed by atoms with van der Waals surface area (Å²) in [7, 11) is 0. The number of carboxylic acid groups (broad SMARTS) is 1. The molecule has 1 saturated heterocycles. The first kappa shape index (κ1) is 13.4. The largest absolute Gasteiger partial charge is 0.480 e. The summed E-state index contributed by atoms with van der Waals surface area (Å²) >= 11 is 0. The van der Waals surface area contributed by atoms with Gasteiger partial charge >= 0.3 is 12.0 Å². The quantitative estimate of drug-likeness (QED) is 0.555. The monoisotopic (exact) mass is 238 g/mol. The molecule has 2 amide bonds. The highest BCUT2D eigenvalue weighted by Gasteiger charge is 2.33. The number of amides is 2. The van der Waals surface area contributed by atoms with Gasteiger partial charge in [0.1, 0.15) is 6.04 Å². The molecule has 0 aromatic heterocycles. The maximum atomic E-state index is 11.7. The summed E-state index contributed by atoms with van der Waals surface area (Å²) < 4.78 is 0. The van der Waals surface area contributed by atoms with Gasteiger partial charge in [-0.2, -0.15) is 0 Å². The van der Waals surface area contributed by atoms with E-state index >= 15 is 0 Å². The topological polar surface area (TPSA) is 69.6 Å². The van der Waals surface area contributed by atoms with E-state index in [2.05, 4.69) is 11.2 Å². The number of aliphatic carboxylic acids is 1. The van der Waals surface area contributed by atoms with E-state index in [-0.39, 0.29) is 6.03 Å². The highest BCUT2D eigenvalue weighted by Crippen LogP contribution is 2.17. The van der Waals surface area contributed by atoms with Gasteiger partial charge in [0.05, 0.1) is 0 Å². The molecule has 0 spiro atoms. The van der Waals surface area contributed by atoms with Crippen molar-refractivity contribution in [3.63, 3.8) is 0 Å². The van der Waals surface area contributed by atoms with Crippen molar-refractivity contribution in [1.82, 2.24) is 10.2 Å². The number of carboxylic acids is 1. The van der Waals surface area contributed by atoms with Crippen molar-refractivity contribution in [2.24, 2.45) is 0 Å². The lowest BCUT2D eigenvalue weighted by atomic mass is 10.2. The summed E-state index contributed by atoms with van der Waals surface area (Å²) in [6.45, 7) is 1.07. The minimum Gasteiger partial charge on any atom is -0.480 e. The van der Waals surface area contributed by atoms with Crippen LogP contribution < -0.4 is 5.32 Å². The summed E-state index contributed by atoms with van der Waals surface area (Å²) in [5.41, 5.74) is 0. The van der Waals surface area contributed by atoms with Crippen molar-refractivity contribution in [3.05, 3.63) is 0 Å². The fourth-order valence-electron chi connectivity index (χ4n) is 1.92. The zero-order valence-electron chi connectivity index (χ0n) is 9.82. The molecule has 94 valence electrons. The van der Waals surface area contributed by atoms with E-state index in [1.54, 1.807) is 0 Å². The molecule has 0 radical (unpaired) electrons. The first-order valence-electron chi connectivity index (χ1n) is 5.87. The Balaban J connectivity index is 2.27. The van der Waals surface area contributed by atoms with Gasteiger partial charge in [-0.25, -0.2) is 9.59 Å². The molecular formula is C12H18N2O3. The van der Waals surface area contributed by atoms with Crippen molar-refractivity contribution in [2.45, 2.75) is 38.1 Å². The number of carbonyl (C=O) groups excluding carboxylic acids is 1. The fraction of sp³-hybridized carbons (Fsp3) is 0.667. The molecule has 5 nitrogen and oxygen atoms in total. The van der Waals surface area contributed by atoms with E-state index in [9.17, 15) is 9.59 Å². The standard InChI is InChI=1S/C12H18N2O3/c1-2-3-4-5-8-13-12(17)14-9-6-7-10(14)11(15)16/h1,10H,3-9H2,(H,13,17)(H,15,16)/t10-/m1/s1. The number of urea groups is 1. The van der Waals surface area contributed by atoms with Crippen molar-refractivity contribution >= 4 is 12.0 Å². The van der Waals surface area contributed by atoms with E-state index in [4.69, 9.17) is 11.5 Å². The molecule has 0 bridgehead atoms. The third kappa shape index (κ3) is 3.99. The van der Waals surface area contributed by atoms with Crippen LogP contribution >= 0.6 is 0 Å². The minimum absolute atomic E-state index is 0.282. The molecule has 0 aromatic carbocycles. The van der Waals surface area contributed by atoms with E-state index in [0.29, 0.717) is 25.9 Å². The molecular weight excluding hydrogens is 220 g/mol. The Morgan fingerprint density at radius 1 is 1.47 bits per heavy atom. The zero-order chi connectivity index (χ0) is 12.7. The second-order valence-electron chi connectivity index (χ2n) is 4.08. The van der Waals surface area contributed by atoms with Crippen molar-refractivity contribution in [2.75, 3.05) is 13.1 Å². The molecule has 1 fully saturated rings. The maximum absolute atomic E-state index is 11.7. The Morgan fingerprint density at radius 3 is 2.88 bits per heavy atom. The van der Waals surface area contributed by atoms with Crippen LogP contribution in [0, 0.1) is 12.3 Å². The summed E-state index contributed by atoms with van der Waals surface area (Å²) in [5, 5.41) is 11.7. The van der Waals surface area contributed by atoms with Gasteiger partial charge in [-0.1, -0.05) is 0 Å².